The average molecular weight is 388 g/mol. The van der Waals surface area contributed by atoms with Gasteiger partial charge in [-0.2, -0.15) is 4.98 Å². The summed E-state index contributed by atoms with van der Waals surface area (Å²) >= 11 is 0. The molecule has 2 aromatic rings. The molecule has 1 aromatic heterocycles. The average Bonchev–Trinajstić information content (AvgIpc) is 3.13. The Bertz CT molecular complexity index is 792. The van der Waals surface area contributed by atoms with Crippen LogP contribution in [0, 0.1) is 11.7 Å². The van der Waals surface area contributed by atoms with Crippen LogP contribution in [0.4, 0.5) is 4.39 Å². The second kappa shape index (κ2) is 8.82. The number of rotatable bonds is 6. The molecule has 1 amide bonds. The molecular weight excluding hydrogens is 359 g/mol. The third kappa shape index (κ3) is 5.38. The number of nitrogens with zero attached hydrogens (tertiary/aromatic N) is 3. The van der Waals surface area contributed by atoms with Gasteiger partial charge in [0.15, 0.2) is 5.82 Å². The minimum Gasteiger partial charge on any atom is -0.356 e. The normalized spacial score (nSPS) is 16.3. The standard InChI is InChI=1S/C21H29FN4O2/c1-21(2,3)20-24-18(25-28-20)14-26-12-9-16(10-13-26)19(27)23-11-8-15-6-4-5-7-17(15)22/h4-7,16H,8-14H2,1-3H3,(H,23,27). The Labute approximate surface area is 165 Å². The lowest BCUT2D eigenvalue weighted by atomic mass is 9.95. The number of hydrogen-bond acceptors (Lipinski definition) is 5. The van der Waals surface area contributed by atoms with E-state index >= 15 is 0 Å². The van der Waals surface area contributed by atoms with Gasteiger partial charge in [0.1, 0.15) is 5.82 Å². The first kappa shape index (κ1) is 20.5. The highest BCUT2D eigenvalue weighted by Gasteiger charge is 2.27. The van der Waals surface area contributed by atoms with Gasteiger partial charge in [-0.15, -0.1) is 0 Å². The fourth-order valence-electron chi connectivity index (χ4n) is 3.34. The zero-order chi connectivity index (χ0) is 20.1. The molecule has 1 aliphatic rings. The fourth-order valence-corrected chi connectivity index (χ4v) is 3.34. The molecule has 7 heteroatoms. The fraction of sp³-hybridized carbons (Fsp3) is 0.571. The van der Waals surface area contributed by atoms with Crippen molar-refractivity contribution in [2.75, 3.05) is 19.6 Å². The number of likely N-dealkylation sites (tertiary alicyclic amines) is 1. The van der Waals surface area contributed by atoms with E-state index < -0.39 is 0 Å². The van der Waals surface area contributed by atoms with Crippen LogP contribution in [0.3, 0.4) is 0 Å². The first-order chi connectivity index (χ1) is 13.3. The lowest BCUT2D eigenvalue weighted by Crippen LogP contribution is -2.40. The summed E-state index contributed by atoms with van der Waals surface area (Å²) in [5.41, 5.74) is 0.478. The number of carbonyl (C=O) groups excluding carboxylic acids is 1. The van der Waals surface area contributed by atoms with E-state index in [-0.39, 0.29) is 23.1 Å². The van der Waals surface area contributed by atoms with E-state index in [1.165, 1.54) is 6.07 Å². The molecule has 1 fully saturated rings. The number of nitrogens with one attached hydrogen (secondary N) is 1. The number of carbonyl (C=O) groups is 1. The summed E-state index contributed by atoms with van der Waals surface area (Å²) in [5, 5.41) is 7.02. The van der Waals surface area contributed by atoms with Gasteiger partial charge in [-0.05, 0) is 44.0 Å². The Morgan fingerprint density at radius 3 is 2.64 bits per heavy atom. The molecular formula is C21H29FN4O2. The molecule has 1 aliphatic heterocycles. The number of benzene rings is 1. The van der Waals surface area contributed by atoms with Gasteiger partial charge in [0.2, 0.25) is 11.8 Å². The van der Waals surface area contributed by atoms with E-state index in [2.05, 4.69) is 20.4 Å². The highest BCUT2D eigenvalue weighted by atomic mass is 19.1. The van der Waals surface area contributed by atoms with Gasteiger partial charge in [0.05, 0.1) is 6.54 Å². The smallest absolute Gasteiger partial charge is 0.232 e. The molecule has 0 radical (unpaired) electrons. The van der Waals surface area contributed by atoms with Gasteiger partial charge in [-0.25, -0.2) is 4.39 Å². The molecule has 0 bridgehead atoms. The Kier molecular flexibility index (Phi) is 6.44. The molecule has 0 aliphatic carbocycles. The molecule has 1 aromatic carbocycles. The van der Waals surface area contributed by atoms with E-state index in [1.54, 1.807) is 12.1 Å². The molecule has 1 saturated heterocycles. The number of aromatic nitrogens is 2. The molecule has 6 nitrogen and oxygen atoms in total. The Morgan fingerprint density at radius 1 is 1.29 bits per heavy atom. The van der Waals surface area contributed by atoms with Crippen molar-refractivity contribution in [1.82, 2.24) is 20.4 Å². The predicted octanol–water partition coefficient (Wildman–Crippen LogP) is 3.08. The van der Waals surface area contributed by atoms with Crippen LogP contribution in [0.1, 0.15) is 50.9 Å². The van der Waals surface area contributed by atoms with Crippen LogP contribution in [0.25, 0.3) is 0 Å². The molecule has 0 saturated carbocycles. The summed E-state index contributed by atoms with van der Waals surface area (Å²) in [7, 11) is 0. The summed E-state index contributed by atoms with van der Waals surface area (Å²) in [5.74, 6) is 1.18. The number of halogens is 1. The maximum atomic E-state index is 13.6. The lowest BCUT2D eigenvalue weighted by molar-refractivity contribution is -0.126. The number of hydrogen-bond donors (Lipinski definition) is 1. The lowest BCUT2D eigenvalue weighted by Gasteiger charge is -2.30. The third-order valence-corrected chi connectivity index (χ3v) is 5.08. The van der Waals surface area contributed by atoms with Crippen molar-refractivity contribution in [2.24, 2.45) is 5.92 Å². The van der Waals surface area contributed by atoms with Gasteiger partial charge >= 0.3 is 0 Å². The SMILES string of the molecule is CC(C)(C)c1nc(CN2CCC(C(=O)NCCc3ccccc3F)CC2)no1. The Balaban J connectivity index is 1.40. The number of amides is 1. The minimum absolute atomic E-state index is 0.00674. The molecule has 1 N–H and O–H groups in total. The van der Waals surface area contributed by atoms with Crippen LogP contribution in [0.5, 0.6) is 0 Å². The highest BCUT2D eigenvalue weighted by molar-refractivity contribution is 5.78. The maximum Gasteiger partial charge on any atom is 0.232 e. The summed E-state index contributed by atoms with van der Waals surface area (Å²) in [4.78, 5) is 19.1. The molecule has 0 atom stereocenters. The van der Waals surface area contributed by atoms with Crippen LogP contribution in [-0.2, 0) is 23.2 Å². The van der Waals surface area contributed by atoms with Crippen LogP contribution in [0.15, 0.2) is 28.8 Å². The van der Waals surface area contributed by atoms with Gasteiger partial charge in [0, 0.05) is 17.9 Å². The second-order valence-electron chi connectivity index (χ2n) is 8.45. The van der Waals surface area contributed by atoms with Crippen LogP contribution in [-0.4, -0.2) is 40.6 Å². The van der Waals surface area contributed by atoms with Crippen LogP contribution < -0.4 is 5.32 Å². The third-order valence-electron chi connectivity index (χ3n) is 5.08. The Morgan fingerprint density at radius 2 is 2.00 bits per heavy atom. The van der Waals surface area contributed by atoms with Crippen molar-refractivity contribution in [2.45, 2.75) is 52.0 Å². The topological polar surface area (TPSA) is 71.3 Å². The summed E-state index contributed by atoms with van der Waals surface area (Å²) in [6, 6.07) is 6.68. The van der Waals surface area contributed by atoms with Gasteiger partial charge < -0.3 is 9.84 Å². The molecule has 0 spiro atoms. The zero-order valence-electron chi connectivity index (χ0n) is 16.9. The van der Waals surface area contributed by atoms with Crippen LogP contribution >= 0.6 is 0 Å². The molecule has 3 rings (SSSR count). The quantitative estimate of drug-likeness (QED) is 0.823. The van der Waals surface area contributed by atoms with E-state index in [4.69, 9.17) is 4.52 Å². The van der Waals surface area contributed by atoms with E-state index in [9.17, 15) is 9.18 Å². The number of piperidine rings is 1. The molecule has 0 unspecified atom stereocenters. The van der Waals surface area contributed by atoms with Crippen LogP contribution in [0.2, 0.25) is 0 Å². The largest absolute Gasteiger partial charge is 0.356 e. The summed E-state index contributed by atoms with van der Waals surface area (Å²) in [6.45, 7) is 8.87. The summed E-state index contributed by atoms with van der Waals surface area (Å²) in [6.07, 6.45) is 2.11. The Hall–Kier alpha value is -2.28. The monoisotopic (exact) mass is 388 g/mol. The minimum atomic E-state index is -0.221. The second-order valence-corrected chi connectivity index (χ2v) is 8.45. The van der Waals surface area contributed by atoms with Crippen molar-refractivity contribution in [1.29, 1.82) is 0 Å². The van der Waals surface area contributed by atoms with Gasteiger partial charge in [-0.3, -0.25) is 9.69 Å². The van der Waals surface area contributed by atoms with E-state index in [1.807, 2.05) is 26.8 Å². The van der Waals surface area contributed by atoms with Crippen molar-refractivity contribution < 1.29 is 13.7 Å². The van der Waals surface area contributed by atoms with E-state index in [0.29, 0.717) is 36.8 Å². The van der Waals surface area contributed by atoms with Gasteiger partial charge in [0.25, 0.3) is 0 Å². The molecule has 2 heterocycles. The first-order valence-corrected chi connectivity index (χ1v) is 9.89. The van der Waals surface area contributed by atoms with E-state index in [0.717, 1.165) is 25.9 Å². The zero-order valence-corrected chi connectivity index (χ0v) is 16.9. The summed E-state index contributed by atoms with van der Waals surface area (Å²) < 4.78 is 19.0. The first-order valence-electron chi connectivity index (χ1n) is 9.89. The van der Waals surface area contributed by atoms with Crippen molar-refractivity contribution >= 4 is 5.91 Å². The van der Waals surface area contributed by atoms with Crippen molar-refractivity contribution in [3.8, 4) is 0 Å². The highest BCUT2D eigenvalue weighted by Crippen LogP contribution is 2.22. The molecule has 152 valence electrons. The van der Waals surface area contributed by atoms with Crippen molar-refractivity contribution in [3.63, 3.8) is 0 Å². The van der Waals surface area contributed by atoms with Gasteiger partial charge in [-0.1, -0.05) is 44.1 Å². The maximum absolute atomic E-state index is 13.6. The molecule has 28 heavy (non-hydrogen) atoms. The van der Waals surface area contributed by atoms with Crippen molar-refractivity contribution in [3.05, 3.63) is 47.4 Å². The predicted molar refractivity (Wildman–Crippen MR) is 104 cm³/mol.